The van der Waals surface area contributed by atoms with E-state index < -0.39 is 0 Å². The molecule has 1 heterocycles. The molecule has 0 amide bonds. The van der Waals surface area contributed by atoms with Gasteiger partial charge in [-0.25, -0.2) is 4.98 Å². The third kappa shape index (κ3) is 4.77. The van der Waals surface area contributed by atoms with Crippen LogP contribution in [0.4, 0.5) is 0 Å². The van der Waals surface area contributed by atoms with Gasteiger partial charge in [0.25, 0.3) is 0 Å². The summed E-state index contributed by atoms with van der Waals surface area (Å²) in [6, 6.07) is 7.47. The first-order chi connectivity index (χ1) is 10.6. The number of benzene rings is 1. The van der Waals surface area contributed by atoms with Crippen molar-refractivity contribution in [2.24, 2.45) is 0 Å². The topological polar surface area (TPSA) is 34.9 Å². The Hall–Kier alpha value is -0.970. The summed E-state index contributed by atoms with van der Waals surface area (Å²) in [6.07, 6.45) is 7.62. The number of thioether (sulfide) groups is 1. The molecular formula is C16H18Cl2N2OS. The van der Waals surface area contributed by atoms with Crippen LogP contribution in [0, 0.1) is 0 Å². The van der Waals surface area contributed by atoms with Crippen LogP contribution < -0.4 is 0 Å². The Morgan fingerprint density at radius 2 is 2.09 bits per heavy atom. The van der Waals surface area contributed by atoms with Crippen LogP contribution in [0.3, 0.4) is 0 Å². The molecule has 22 heavy (non-hydrogen) atoms. The Kier molecular flexibility index (Phi) is 6.80. The smallest absolute Gasteiger partial charge is 0.189 e. The van der Waals surface area contributed by atoms with E-state index in [4.69, 9.17) is 23.2 Å². The Morgan fingerprint density at radius 3 is 2.68 bits per heavy atom. The van der Waals surface area contributed by atoms with Gasteiger partial charge in [-0.3, -0.25) is 4.79 Å². The number of unbranched alkanes of at least 4 members (excludes halogenated alkanes) is 1. The summed E-state index contributed by atoms with van der Waals surface area (Å²) >= 11 is 13.8. The molecule has 0 aliphatic heterocycles. The van der Waals surface area contributed by atoms with Gasteiger partial charge in [-0.1, -0.05) is 60.4 Å². The van der Waals surface area contributed by atoms with Gasteiger partial charge >= 0.3 is 0 Å². The van der Waals surface area contributed by atoms with Gasteiger partial charge < -0.3 is 4.57 Å². The van der Waals surface area contributed by atoms with Crippen molar-refractivity contribution in [1.82, 2.24) is 9.55 Å². The molecule has 2 unspecified atom stereocenters. The SMILES string of the molecule is CCCCC(=O)SC(c1ccc(Cl)cc1)C(Cl)n1ccnc1. The number of hydrogen-bond donors (Lipinski definition) is 0. The van der Waals surface area contributed by atoms with E-state index in [2.05, 4.69) is 11.9 Å². The van der Waals surface area contributed by atoms with E-state index in [1.807, 2.05) is 24.3 Å². The molecule has 0 radical (unpaired) electrons. The number of rotatable bonds is 7. The van der Waals surface area contributed by atoms with Crippen LogP contribution in [0.15, 0.2) is 43.0 Å². The minimum atomic E-state index is -0.390. The molecule has 2 rings (SSSR count). The minimum Gasteiger partial charge on any atom is -0.319 e. The van der Waals surface area contributed by atoms with Crippen LogP contribution in [0.1, 0.15) is 42.5 Å². The van der Waals surface area contributed by atoms with E-state index in [0.717, 1.165) is 18.4 Å². The van der Waals surface area contributed by atoms with Crippen molar-refractivity contribution in [1.29, 1.82) is 0 Å². The standard InChI is InChI=1S/C16H18Cl2N2OS/c1-2-3-4-14(21)22-15(12-5-7-13(17)8-6-12)16(18)20-10-9-19-11-20/h5-11,15-16H,2-4H2,1H3. The molecular weight excluding hydrogens is 339 g/mol. The Labute approximate surface area is 145 Å². The van der Waals surface area contributed by atoms with Crippen LogP contribution >= 0.6 is 35.0 Å². The fourth-order valence-electron chi connectivity index (χ4n) is 2.03. The van der Waals surface area contributed by atoms with Crippen molar-refractivity contribution in [2.75, 3.05) is 0 Å². The summed E-state index contributed by atoms with van der Waals surface area (Å²) in [4.78, 5) is 16.2. The van der Waals surface area contributed by atoms with Crippen LogP contribution in [-0.4, -0.2) is 14.7 Å². The van der Waals surface area contributed by atoms with E-state index in [-0.39, 0.29) is 15.9 Å². The molecule has 1 aromatic carbocycles. The molecule has 0 fully saturated rings. The predicted molar refractivity (Wildman–Crippen MR) is 93.4 cm³/mol. The number of hydrogen-bond acceptors (Lipinski definition) is 3. The zero-order valence-corrected chi connectivity index (χ0v) is 14.6. The van der Waals surface area contributed by atoms with E-state index in [1.165, 1.54) is 11.8 Å². The van der Waals surface area contributed by atoms with Gasteiger partial charge in [-0.05, 0) is 24.1 Å². The average Bonchev–Trinajstić information content (AvgIpc) is 3.05. The second kappa shape index (κ2) is 8.61. The zero-order chi connectivity index (χ0) is 15.9. The second-order valence-electron chi connectivity index (χ2n) is 4.95. The third-order valence-corrected chi connectivity index (χ3v) is 5.38. The first-order valence-electron chi connectivity index (χ1n) is 7.18. The molecule has 0 saturated carbocycles. The van der Waals surface area contributed by atoms with Gasteiger partial charge in [0.05, 0.1) is 11.6 Å². The molecule has 2 atom stereocenters. The number of imidazole rings is 1. The maximum atomic E-state index is 12.2. The lowest BCUT2D eigenvalue weighted by atomic mass is 10.1. The van der Waals surface area contributed by atoms with Crippen molar-refractivity contribution < 1.29 is 4.79 Å². The lowest BCUT2D eigenvalue weighted by molar-refractivity contribution is -0.111. The van der Waals surface area contributed by atoms with Gasteiger partial charge in [0.15, 0.2) is 5.12 Å². The van der Waals surface area contributed by atoms with Gasteiger partial charge in [0.1, 0.15) is 5.50 Å². The number of carbonyl (C=O) groups is 1. The van der Waals surface area contributed by atoms with Crippen LogP contribution in [-0.2, 0) is 4.79 Å². The molecule has 0 N–H and O–H groups in total. The largest absolute Gasteiger partial charge is 0.319 e. The minimum absolute atomic E-state index is 0.160. The van der Waals surface area contributed by atoms with Gasteiger partial charge in [-0.2, -0.15) is 0 Å². The number of carbonyl (C=O) groups excluding carboxylic acids is 1. The molecule has 1 aromatic heterocycles. The highest BCUT2D eigenvalue weighted by Gasteiger charge is 2.26. The monoisotopic (exact) mass is 356 g/mol. The van der Waals surface area contributed by atoms with E-state index >= 15 is 0 Å². The van der Waals surface area contributed by atoms with Crippen LogP contribution in [0.25, 0.3) is 0 Å². The summed E-state index contributed by atoms with van der Waals surface area (Å²) < 4.78 is 1.81. The lowest BCUT2D eigenvalue weighted by Crippen LogP contribution is -2.11. The lowest BCUT2D eigenvalue weighted by Gasteiger charge is -2.22. The first kappa shape index (κ1) is 17.4. The highest BCUT2D eigenvalue weighted by Crippen LogP contribution is 2.42. The molecule has 6 heteroatoms. The zero-order valence-electron chi connectivity index (χ0n) is 12.3. The van der Waals surface area contributed by atoms with E-state index in [9.17, 15) is 4.79 Å². The van der Waals surface area contributed by atoms with E-state index in [0.29, 0.717) is 11.4 Å². The summed E-state index contributed by atoms with van der Waals surface area (Å²) in [6.45, 7) is 2.07. The Balaban J connectivity index is 2.20. The van der Waals surface area contributed by atoms with Gasteiger partial charge in [-0.15, -0.1) is 0 Å². The second-order valence-corrected chi connectivity index (χ2v) is 7.03. The number of halogens is 2. The molecule has 3 nitrogen and oxygen atoms in total. The Morgan fingerprint density at radius 1 is 1.36 bits per heavy atom. The predicted octanol–water partition coefficient (Wildman–Crippen LogP) is 5.47. The van der Waals surface area contributed by atoms with Crippen molar-refractivity contribution in [3.05, 3.63) is 53.6 Å². The van der Waals surface area contributed by atoms with Crippen LogP contribution in [0.2, 0.25) is 5.02 Å². The van der Waals surface area contributed by atoms with Crippen molar-refractivity contribution in [2.45, 2.75) is 36.9 Å². The molecule has 0 aliphatic carbocycles. The van der Waals surface area contributed by atoms with E-state index in [1.54, 1.807) is 23.3 Å². The first-order valence-corrected chi connectivity index (χ1v) is 8.87. The normalized spacial score (nSPS) is 13.8. The molecule has 0 aliphatic rings. The highest BCUT2D eigenvalue weighted by atomic mass is 35.5. The summed E-state index contributed by atoms with van der Waals surface area (Å²) in [5.41, 5.74) is 0.590. The molecule has 118 valence electrons. The summed E-state index contributed by atoms with van der Waals surface area (Å²) in [5.74, 6) is 0. The van der Waals surface area contributed by atoms with Crippen molar-refractivity contribution >= 4 is 40.1 Å². The van der Waals surface area contributed by atoms with Crippen LogP contribution in [0.5, 0.6) is 0 Å². The maximum Gasteiger partial charge on any atom is 0.189 e. The molecule has 0 saturated heterocycles. The summed E-state index contributed by atoms with van der Waals surface area (Å²) in [7, 11) is 0. The fraction of sp³-hybridized carbons (Fsp3) is 0.375. The molecule has 0 spiro atoms. The quantitative estimate of drug-likeness (QED) is 0.617. The number of nitrogens with zero attached hydrogens (tertiary/aromatic N) is 2. The summed E-state index contributed by atoms with van der Waals surface area (Å²) in [5, 5.41) is 0.642. The number of aromatic nitrogens is 2. The average molecular weight is 357 g/mol. The van der Waals surface area contributed by atoms with Crippen molar-refractivity contribution in [3.8, 4) is 0 Å². The number of alkyl halides is 1. The van der Waals surface area contributed by atoms with Gasteiger partial charge in [0.2, 0.25) is 0 Å². The fourth-order valence-corrected chi connectivity index (χ4v) is 3.66. The highest BCUT2D eigenvalue weighted by molar-refractivity contribution is 8.13. The van der Waals surface area contributed by atoms with Crippen molar-refractivity contribution in [3.63, 3.8) is 0 Å². The maximum absolute atomic E-state index is 12.2. The molecule has 0 bridgehead atoms. The third-order valence-electron chi connectivity index (χ3n) is 3.25. The Bertz CT molecular complexity index is 587. The van der Waals surface area contributed by atoms with Gasteiger partial charge in [0, 0.05) is 23.8 Å². The molecule has 2 aromatic rings.